The van der Waals surface area contributed by atoms with Crippen molar-refractivity contribution >= 4 is 27.6 Å². The van der Waals surface area contributed by atoms with Crippen LogP contribution in [0.1, 0.15) is 60.3 Å². The third-order valence-electron chi connectivity index (χ3n) is 7.77. The highest BCUT2D eigenvalue weighted by Crippen LogP contribution is 2.44. The van der Waals surface area contributed by atoms with E-state index in [0.717, 1.165) is 55.2 Å². The maximum absolute atomic E-state index is 14.3. The molecule has 5 heteroatoms. The van der Waals surface area contributed by atoms with Crippen LogP contribution in [0.2, 0.25) is 0 Å². The Labute approximate surface area is 241 Å². The molecule has 5 nitrogen and oxygen atoms in total. The van der Waals surface area contributed by atoms with Crippen LogP contribution in [0.4, 0.5) is 0 Å². The summed E-state index contributed by atoms with van der Waals surface area (Å²) < 4.78 is 8.08. The smallest absolute Gasteiger partial charge is 0.337 e. The average Bonchev–Trinajstić information content (AvgIpc) is 2.91. The Bertz CT molecular complexity index is 1840. The number of pyridine rings is 1. The van der Waals surface area contributed by atoms with Crippen molar-refractivity contribution in [3.05, 3.63) is 117 Å². The molecule has 0 radical (unpaired) electrons. The molecule has 0 unspecified atom stereocenters. The molecule has 0 aliphatic rings. The summed E-state index contributed by atoms with van der Waals surface area (Å²) in [5, 5.41) is 13.1. The van der Waals surface area contributed by atoms with E-state index in [4.69, 9.17) is 4.74 Å². The van der Waals surface area contributed by atoms with Gasteiger partial charge in [-0.2, -0.15) is 0 Å². The summed E-state index contributed by atoms with van der Waals surface area (Å²) in [6.45, 7) is 13.9. The number of carbonyl (C=O) groups is 1. The molecule has 5 rings (SSSR count). The Hall–Kier alpha value is -4.22. The van der Waals surface area contributed by atoms with E-state index < -0.39 is 17.7 Å². The second-order valence-corrected chi connectivity index (χ2v) is 12.0. The van der Waals surface area contributed by atoms with E-state index in [1.54, 1.807) is 0 Å². The van der Waals surface area contributed by atoms with E-state index in [9.17, 15) is 14.7 Å². The molecule has 1 aromatic heterocycles. The van der Waals surface area contributed by atoms with Crippen LogP contribution in [0.5, 0.6) is 0 Å². The van der Waals surface area contributed by atoms with Crippen molar-refractivity contribution in [2.75, 3.05) is 0 Å². The van der Waals surface area contributed by atoms with Crippen molar-refractivity contribution < 1.29 is 14.6 Å². The molecule has 0 bridgehead atoms. The molecule has 0 aliphatic carbocycles. The van der Waals surface area contributed by atoms with Gasteiger partial charge in [-0.25, -0.2) is 4.79 Å². The number of fused-ring (bicyclic) bond motifs is 3. The van der Waals surface area contributed by atoms with Crippen molar-refractivity contribution in [3.63, 3.8) is 0 Å². The number of aryl methyl sites for hydroxylation is 4. The average molecular weight is 548 g/mol. The van der Waals surface area contributed by atoms with Crippen molar-refractivity contribution in [2.45, 2.75) is 66.7 Å². The van der Waals surface area contributed by atoms with Gasteiger partial charge in [0.15, 0.2) is 6.10 Å². The summed E-state index contributed by atoms with van der Waals surface area (Å²) in [6, 6.07) is 24.0. The lowest BCUT2D eigenvalue weighted by Gasteiger charge is -2.30. The molecule has 0 saturated heterocycles. The van der Waals surface area contributed by atoms with Crippen molar-refractivity contribution in [2.24, 2.45) is 0 Å². The van der Waals surface area contributed by atoms with Crippen molar-refractivity contribution in [1.29, 1.82) is 0 Å². The largest absolute Gasteiger partial charge is 0.479 e. The Balaban J connectivity index is 2.03. The molecular weight excluding hydrogens is 510 g/mol. The fraction of sp³-hybridized carbons (Fsp3) is 0.278. The van der Waals surface area contributed by atoms with Gasteiger partial charge < -0.3 is 14.4 Å². The number of carboxylic acids is 1. The van der Waals surface area contributed by atoms with Gasteiger partial charge in [-0.3, -0.25) is 4.79 Å². The monoisotopic (exact) mass is 547 g/mol. The molecule has 0 fully saturated rings. The number of nitrogens with zero attached hydrogens (tertiary/aromatic N) is 1. The maximum Gasteiger partial charge on any atom is 0.337 e. The fourth-order valence-corrected chi connectivity index (χ4v) is 5.99. The summed E-state index contributed by atoms with van der Waals surface area (Å²) in [5.41, 5.74) is 6.93. The minimum atomic E-state index is -1.23. The summed E-state index contributed by atoms with van der Waals surface area (Å²) in [6.07, 6.45) is -1.23. The van der Waals surface area contributed by atoms with Gasteiger partial charge in [0.1, 0.15) is 0 Å². The molecule has 1 heterocycles. The molecule has 0 aliphatic heterocycles. The first-order chi connectivity index (χ1) is 19.4. The zero-order valence-electron chi connectivity index (χ0n) is 24.8. The molecule has 0 amide bonds. The lowest BCUT2D eigenvalue weighted by Crippen LogP contribution is -2.29. The minimum Gasteiger partial charge on any atom is -0.479 e. The topological polar surface area (TPSA) is 68.5 Å². The standard InChI is InChI=1S/C36H37NO4/c1-21-16-18-26(19-17-21)29-23(3)30-27-15-11-12-22(2)28(27)34(38)37(20-25-13-9-8-10-14-25)32(30)24(4)31(29)33(35(39)40)41-36(5,6)7/h8-19,33H,20H2,1-7H3,(H,39,40)/t33-/m0/s1. The van der Waals surface area contributed by atoms with Gasteiger partial charge in [-0.15, -0.1) is 0 Å². The number of hydrogen-bond acceptors (Lipinski definition) is 3. The zero-order valence-corrected chi connectivity index (χ0v) is 24.8. The van der Waals surface area contributed by atoms with Gasteiger partial charge in [-0.05, 0) is 87.2 Å². The predicted octanol–water partition coefficient (Wildman–Crippen LogP) is 8.04. The first-order valence-electron chi connectivity index (χ1n) is 14.0. The molecule has 0 spiro atoms. The Kier molecular flexibility index (Phi) is 7.35. The van der Waals surface area contributed by atoms with E-state index in [1.807, 2.05) is 126 Å². The number of aliphatic carboxylic acids is 1. The van der Waals surface area contributed by atoms with Crippen LogP contribution in [0, 0.1) is 27.7 Å². The highest BCUT2D eigenvalue weighted by atomic mass is 16.5. The van der Waals surface area contributed by atoms with Crippen LogP contribution in [0.25, 0.3) is 32.8 Å². The van der Waals surface area contributed by atoms with Gasteiger partial charge >= 0.3 is 5.97 Å². The van der Waals surface area contributed by atoms with Crippen LogP contribution in [0.15, 0.2) is 77.6 Å². The Morgan fingerprint density at radius 1 is 0.854 bits per heavy atom. The molecule has 1 N–H and O–H groups in total. The van der Waals surface area contributed by atoms with Crippen LogP contribution in [0.3, 0.4) is 0 Å². The highest BCUT2D eigenvalue weighted by Gasteiger charge is 2.33. The highest BCUT2D eigenvalue weighted by molar-refractivity contribution is 6.12. The minimum absolute atomic E-state index is 0.0883. The number of ether oxygens (including phenoxy) is 1. The molecule has 4 aromatic carbocycles. The van der Waals surface area contributed by atoms with Crippen molar-refractivity contribution in [1.82, 2.24) is 4.57 Å². The van der Waals surface area contributed by atoms with Crippen molar-refractivity contribution in [3.8, 4) is 11.1 Å². The molecule has 41 heavy (non-hydrogen) atoms. The number of aromatic nitrogens is 1. The molecule has 210 valence electrons. The SMILES string of the molecule is Cc1ccc(-c2c([C@H](OC(C)(C)C)C(=O)O)c(C)c3c(c2C)c2cccc(C)c2c(=O)n3Cc2ccccc2)cc1. The summed E-state index contributed by atoms with van der Waals surface area (Å²) >= 11 is 0. The molecule has 0 saturated carbocycles. The second-order valence-electron chi connectivity index (χ2n) is 12.0. The van der Waals surface area contributed by atoms with Crippen LogP contribution < -0.4 is 5.56 Å². The predicted molar refractivity (Wildman–Crippen MR) is 167 cm³/mol. The number of hydrogen-bond donors (Lipinski definition) is 1. The van der Waals surface area contributed by atoms with Gasteiger partial charge in [0.05, 0.1) is 23.0 Å². The van der Waals surface area contributed by atoms with E-state index >= 15 is 0 Å². The van der Waals surface area contributed by atoms with Gasteiger partial charge in [0.2, 0.25) is 0 Å². The number of carboxylic acid groups (broad SMARTS) is 1. The van der Waals surface area contributed by atoms with E-state index in [0.29, 0.717) is 17.5 Å². The summed E-state index contributed by atoms with van der Waals surface area (Å²) in [5.74, 6) is -1.07. The summed E-state index contributed by atoms with van der Waals surface area (Å²) in [7, 11) is 0. The van der Waals surface area contributed by atoms with Gasteiger partial charge in [0.25, 0.3) is 5.56 Å². The summed E-state index contributed by atoms with van der Waals surface area (Å²) in [4.78, 5) is 27.2. The molecular formula is C36H37NO4. The maximum atomic E-state index is 14.3. The quantitative estimate of drug-likeness (QED) is 0.218. The first-order valence-corrected chi connectivity index (χ1v) is 14.0. The van der Waals surface area contributed by atoms with Gasteiger partial charge in [-0.1, -0.05) is 78.4 Å². The van der Waals surface area contributed by atoms with Crippen LogP contribution >= 0.6 is 0 Å². The molecule has 1 atom stereocenters. The normalized spacial score (nSPS) is 12.7. The van der Waals surface area contributed by atoms with E-state index in [-0.39, 0.29) is 5.56 Å². The zero-order chi connectivity index (χ0) is 29.6. The molecule has 5 aromatic rings. The number of benzene rings is 4. The van der Waals surface area contributed by atoms with E-state index in [1.165, 1.54) is 0 Å². The fourth-order valence-electron chi connectivity index (χ4n) is 5.99. The Morgan fingerprint density at radius 3 is 2.12 bits per heavy atom. The lowest BCUT2D eigenvalue weighted by atomic mass is 9.84. The van der Waals surface area contributed by atoms with E-state index in [2.05, 4.69) is 0 Å². The van der Waals surface area contributed by atoms with Gasteiger partial charge in [0, 0.05) is 10.9 Å². The number of rotatable bonds is 6. The van der Waals surface area contributed by atoms with Crippen LogP contribution in [-0.2, 0) is 16.1 Å². The third-order valence-corrected chi connectivity index (χ3v) is 7.77. The second kappa shape index (κ2) is 10.6. The lowest BCUT2D eigenvalue weighted by molar-refractivity contribution is -0.160. The Morgan fingerprint density at radius 2 is 1.51 bits per heavy atom. The van der Waals surface area contributed by atoms with Crippen LogP contribution in [-0.4, -0.2) is 21.2 Å². The third kappa shape index (κ3) is 5.18. The first kappa shape index (κ1) is 28.3.